The maximum Gasteiger partial charge on any atom is 0.251 e. The second kappa shape index (κ2) is 9.26. The zero-order chi connectivity index (χ0) is 24.7. The molecule has 3 fully saturated rings. The molecule has 4 rings (SSSR count). The number of hydrogen-bond donors (Lipinski definition) is 2. The van der Waals surface area contributed by atoms with Crippen LogP contribution >= 0.6 is 0 Å². The summed E-state index contributed by atoms with van der Waals surface area (Å²) < 4.78 is 44.9. The minimum Gasteiger partial charge on any atom is -0.365 e. The number of rotatable bonds is 7. The van der Waals surface area contributed by atoms with Crippen LogP contribution in [0, 0.1) is 5.41 Å². The number of ketones is 1. The van der Waals surface area contributed by atoms with Crippen LogP contribution in [0.3, 0.4) is 0 Å². The van der Waals surface area contributed by atoms with Crippen molar-refractivity contribution in [2.24, 2.45) is 5.41 Å². The summed E-state index contributed by atoms with van der Waals surface area (Å²) in [4.78, 5) is 40.1. The summed E-state index contributed by atoms with van der Waals surface area (Å²) in [7, 11) is -3.46. The summed E-state index contributed by atoms with van der Waals surface area (Å²) in [5, 5.41) is 2.80. The molecule has 3 aliphatic rings. The molecule has 2 heterocycles. The van der Waals surface area contributed by atoms with E-state index >= 15 is 0 Å². The van der Waals surface area contributed by atoms with Crippen LogP contribution in [0.15, 0.2) is 24.3 Å². The Labute approximate surface area is 198 Å². The van der Waals surface area contributed by atoms with Gasteiger partial charge in [-0.3, -0.25) is 19.1 Å². The Morgan fingerprint density at radius 3 is 2.50 bits per heavy atom. The number of sulfonamides is 1. The molecule has 0 radical (unpaired) electrons. The Morgan fingerprint density at radius 1 is 1.24 bits per heavy atom. The van der Waals surface area contributed by atoms with E-state index in [1.165, 1.54) is 29.2 Å². The van der Waals surface area contributed by atoms with Crippen LogP contribution in [-0.4, -0.2) is 74.7 Å². The van der Waals surface area contributed by atoms with Crippen LogP contribution < -0.4 is 10.0 Å². The number of nitrogens with one attached hydrogen (secondary N) is 2. The van der Waals surface area contributed by atoms with E-state index in [1.807, 2.05) is 0 Å². The highest BCUT2D eigenvalue weighted by Gasteiger charge is 2.54. The van der Waals surface area contributed by atoms with Gasteiger partial charge in [0.25, 0.3) is 5.91 Å². The van der Waals surface area contributed by atoms with Crippen molar-refractivity contribution in [2.45, 2.75) is 63.4 Å². The molecule has 2 saturated heterocycles. The maximum atomic E-state index is 14.5. The molecule has 4 atom stereocenters. The lowest BCUT2D eigenvalue weighted by Gasteiger charge is -2.32. The van der Waals surface area contributed by atoms with E-state index in [-0.39, 0.29) is 29.9 Å². The summed E-state index contributed by atoms with van der Waals surface area (Å²) >= 11 is 0. The molecule has 1 aromatic carbocycles. The highest BCUT2D eigenvalue weighted by Crippen LogP contribution is 2.42. The predicted molar refractivity (Wildman–Crippen MR) is 122 cm³/mol. The van der Waals surface area contributed by atoms with Crippen molar-refractivity contribution in [2.75, 3.05) is 24.1 Å². The molecule has 0 unspecified atom stereocenters. The SMILES string of the molecule is CC1(C[C@H](NC(=O)c2ccc(NS(C)(=O)=O)cc2)C(=O)N2C[C@H](F)[C@H]3OCC(=O)[C@H]32)CCCC1. The van der Waals surface area contributed by atoms with Gasteiger partial charge in [0.2, 0.25) is 15.9 Å². The first kappa shape index (κ1) is 24.6. The van der Waals surface area contributed by atoms with Gasteiger partial charge in [0.15, 0.2) is 5.78 Å². The summed E-state index contributed by atoms with van der Waals surface area (Å²) in [6, 6.07) is 3.94. The fourth-order valence-corrected chi connectivity index (χ4v) is 5.86. The highest BCUT2D eigenvalue weighted by atomic mass is 32.2. The molecule has 0 spiro atoms. The third-order valence-corrected chi connectivity index (χ3v) is 7.57. The number of carbonyl (C=O) groups is 3. The minimum absolute atomic E-state index is 0.151. The average Bonchev–Trinajstić information content (AvgIpc) is 3.44. The van der Waals surface area contributed by atoms with E-state index in [0.717, 1.165) is 31.9 Å². The van der Waals surface area contributed by atoms with Crippen molar-refractivity contribution in [3.05, 3.63) is 29.8 Å². The fourth-order valence-electron chi connectivity index (χ4n) is 5.29. The van der Waals surface area contributed by atoms with Gasteiger partial charge < -0.3 is 15.0 Å². The Balaban J connectivity index is 1.53. The number of fused-ring (bicyclic) bond motifs is 1. The van der Waals surface area contributed by atoms with Gasteiger partial charge in [-0.25, -0.2) is 12.8 Å². The highest BCUT2D eigenvalue weighted by molar-refractivity contribution is 7.92. The molecular weight excluding hydrogens is 465 g/mol. The first-order chi connectivity index (χ1) is 16.0. The Morgan fingerprint density at radius 2 is 1.88 bits per heavy atom. The van der Waals surface area contributed by atoms with Crippen LogP contribution in [0.2, 0.25) is 0 Å². The van der Waals surface area contributed by atoms with Crippen molar-refractivity contribution in [1.29, 1.82) is 0 Å². The zero-order valence-electron chi connectivity index (χ0n) is 19.3. The number of likely N-dealkylation sites (tertiary alicyclic amines) is 1. The molecule has 2 N–H and O–H groups in total. The summed E-state index contributed by atoms with van der Waals surface area (Å²) in [6.07, 6.45) is 2.90. The third-order valence-electron chi connectivity index (χ3n) is 6.97. The van der Waals surface area contributed by atoms with E-state index in [0.29, 0.717) is 12.1 Å². The monoisotopic (exact) mass is 495 g/mol. The van der Waals surface area contributed by atoms with Crippen molar-refractivity contribution in [1.82, 2.24) is 10.2 Å². The van der Waals surface area contributed by atoms with Gasteiger partial charge in [-0.15, -0.1) is 0 Å². The standard InChI is InChI=1S/C23H30FN3O6S/c1-23(9-3-4-10-23)11-17(22(30)27-12-16(24)20-19(27)18(28)13-33-20)25-21(29)14-5-7-15(8-6-14)26-34(2,31)32/h5-8,16-17,19-20,26H,3-4,9-13H2,1-2H3,(H,25,29)/t16-,17-,19+,20+/m0/s1. The van der Waals surface area contributed by atoms with Gasteiger partial charge in [0, 0.05) is 11.3 Å². The molecule has 9 nitrogen and oxygen atoms in total. The number of carbonyl (C=O) groups excluding carboxylic acids is 3. The number of halogens is 1. The largest absolute Gasteiger partial charge is 0.365 e. The second-order valence-corrected chi connectivity index (χ2v) is 11.6. The number of ether oxygens (including phenoxy) is 1. The molecule has 1 saturated carbocycles. The number of nitrogens with zero attached hydrogens (tertiary/aromatic N) is 1. The molecule has 2 amide bonds. The van der Waals surface area contributed by atoms with Gasteiger partial charge in [0.05, 0.1) is 12.8 Å². The van der Waals surface area contributed by atoms with Gasteiger partial charge in [-0.1, -0.05) is 19.8 Å². The molecule has 0 bridgehead atoms. The molecule has 186 valence electrons. The quantitative estimate of drug-likeness (QED) is 0.593. The predicted octanol–water partition coefficient (Wildman–Crippen LogP) is 1.64. The van der Waals surface area contributed by atoms with Gasteiger partial charge >= 0.3 is 0 Å². The van der Waals surface area contributed by atoms with Crippen LogP contribution in [0.1, 0.15) is 49.4 Å². The van der Waals surface area contributed by atoms with E-state index < -0.39 is 46.2 Å². The van der Waals surface area contributed by atoms with Crippen LogP contribution in [0.4, 0.5) is 10.1 Å². The second-order valence-electron chi connectivity index (χ2n) is 9.89. The molecular formula is C23H30FN3O6S. The van der Waals surface area contributed by atoms with E-state index in [2.05, 4.69) is 17.0 Å². The number of benzene rings is 1. The molecule has 0 aromatic heterocycles. The van der Waals surface area contributed by atoms with E-state index in [9.17, 15) is 27.2 Å². The molecule has 34 heavy (non-hydrogen) atoms. The summed E-state index contributed by atoms with van der Waals surface area (Å²) in [5.41, 5.74) is 0.403. The first-order valence-corrected chi connectivity index (χ1v) is 13.3. The Kier molecular flexibility index (Phi) is 6.69. The van der Waals surface area contributed by atoms with Crippen molar-refractivity contribution < 1.29 is 31.9 Å². The molecule has 11 heteroatoms. The third kappa shape index (κ3) is 5.25. The van der Waals surface area contributed by atoms with Crippen molar-refractivity contribution >= 4 is 33.3 Å². The molecule has 1 aliphatic carbocycles. The van der Waals surface area contributed by atoms with Crippen LogP contribution in [0.25, 0.3) is 0 Å². The van der Waals surface area contributed by atoms with Gasteiger partial charge in [-0.2, -0.15) is 0 Å². The van der Waals surface area contributed by atoms with Crippen molar-refractivity contribution in [3.8, 4) is 0 Å². The smallest absolute Gasteiger partial charge is 0.251 e. The fraction of sp³-hybridized carbons (Fsp3) is 0.609. The Hall–Kier alpha value is -2.53. The zero-order valence-corrected chi connectivity index (χ0v) is 20.1. The number of anilines is 1. The Bertz CT molecular complexity index is 1070. The van der Waals surface area contributed by atoms with E-state index in [1.54, 1.807) is 0 Å². The number of hydrogen-bond acceptors (Lipinski definition) is 6. The van der Waals surface area contributed by atoms with E-state index in [4.69, 9.17) is 4.74 Å². The first-order valence-electron chi connectivity index (χ1n) is 11.4. The lowest BCUT2D eigenvalue weighted by molar-refractivity contribution is -0.138. The van der Waals surface area contributed by atoms with Crippen LogP contribution in [0.5, 0.6) is 0 Å². The molecule has 1 aromatic rings. The lowest BCUT2D eigenvalue weighted by atomic mass is 9.81. The average molecular weight is 496 g/mol. The normalized spacial score (nSPS) is 26.9. The maximum absolute atomic E-state index is 14.5. The number of Topliss-reactive ketones (excluding diaryl/α,β-unsaturated/α-hetero) is 1. The van der Waals surface area contributed by atoms with Gasteiger partial charge in [0.1, 0.15) is 31.0 Å². The number of alkyl halides is 1. The minimum atomic E-state index is -3.46. The topological polar surface area (TPSA) is 122 Å². The number of amides is 2. The summed E-state index contributed by atoms with van der Waals surface area (Å²) in [6.45, 7) is 1.61. The molecule has 2 aliphatic heterocycles. The van der Waals surface area contributed by atoms with Crippen molar-refractivity contribution in [3.63, 3.8) is 0 Å². The lowest BCUT2D eigenvalue weighted by Crippen LogP contribution is -2.53. The summed E-state index contributed by atoms with van der Waals surface area (Å²) in [5.74, 6) is -1.32. The van der Waals surface area contributed by atoms with Gasteiger partial charge in [-0.05, 0) is 48.9 Å². The van der Waals surface area contributed by atoms with Crippen LogP contribution in [-0.2, 0) is 24.3 Å².